The fourth-order valence-corrected chi connectivity index (χ4v) is 4.84. The minimum atomic E-state index is -0.155. The van der Waals surface area contributed by atoms with E-state index in [1.807, 2.05) is 80.6 Å². The summed E-state index contributed by atoms with van der Waals surface area (Å²) >= 11 is 13.5. The Labute approximate surface area is 217 Å². The summed E-state index contributed by atoms with van der Waals surface area (Å²) in [6.45, 7) is 4.04. The van der Waals surface area contributed by atoms with Crippen LogP contribution in [-0.4, -0.2) is 11.1 Å². The third-order valence-corrected chi connectivity index (χ3v) is 7.17. The van der Waals surface area contributed by atoms with Crippen LogP contribution >= 0.6 is 35.0 Å². The fraction of sp³-hybridized carbons (Fsp3) is 0.0714. The lowest BCUT2D eigenvalue weighted by molar-refractivity contribution is -0.113. The van der Waals surface area contributed by atoms with Gasteiger partial charge in [0.15, 0.2) is 5.17 Å². The zero-order valence-corrected chi connectivity index (χ0v) is 21.3. The van der Waals surface area contributed by atoms with Gasteiger partial charge in [-0.15, -0.1) is 0 Å². The van der Waals surface area contributed by atoms with E-state index in [0.717, 1.165) is 28.1 Å². The molecule has 1 aliphatic heterocycles. The topological polar surface area (TPSA) is 45.8 Å². The molecule has 3 aromatic carbocycles. The van der Waals surface area contributed by atoms with E-state index in [0.29, 0.717) is 31.6 Å². The molecule has 1 aromatic heterocycles. The third-order valence-electron chi connectivity index (χ3n) is 5.46. The molecule has 1 aliphatic rings. The van der Waals surface area contributed by atoms with Crippen molar-refractivity contribution in [2.45, 2.75) is 13.8 Å². The fourth-order valence-electron chi connectivity index (χ4n) is 3.56. The summed E-state index contributed by atoms with van der Waals surface area (Å²) in [5.74, 6) is 1.04. The first kappa shape index (κ1) is 23.5. The first-order chi connectivity index (χ1) is 16.9. The van der Waals surface area contributed by atoms with Crippen LogP contribution in [0.1, 0.15) is 16.9 Å². The molecule has 2 heterocycles. The van der Waals surface area contributed by atoms with Crippen LogP contribution in [0.5, 0.6) is 0 Å². The van der Waals surface area contributed by atoms with Crippen molar-refractivity contribution in [1.29, 1.82) is 0 Å². The van der Waals surface area contributed by atoms with Gasteiger partial charge < -0.3 is 4.42 Å². The molecule has 0 radical (unpaired) electrons. The first-order valence-corrected chi connectivity index (χ1v) is 12.5. The lowest BCUT2D eigenvalue weighted by Gasteiger charge is -2.16. The molecule has 4 nitrogen and oxygen atoms in total. The van der Waals surface area contributed by atoms with Crippen LogP contribution in [0.25, 0.3) is 17.4 Å². The van der Waals surface area contributed by atoms with Crippen LogP contribution in [0, 0.1) is 13.8 Å². The van der Waals surface area contributed by atoms with Gasteiger partial charge in [0.2, 0.25) is 0 Å². The molecule has 1 saturated heterocycles. The van der Waals surface area contributed by atoms with Crippen LogP contribution in [0.15, 0.2) is 93.2 Å². The zero-order chi connectivity index (χ0) is 24.5. The van der Waals surface area contributed by atoms with Crippen LogP contribution in [-0.2, 0) is 4.79 Å². The number of benzene rings is 3. The number of aliphatic imine (C=N–C) groups is 1. The second kappa shape index (κ2) is 9.78. The molecular weight excluding hydrogens is 499 g/mol. The molecule has 1 fully saturated rings. The van der Waals surface area contributed by atoms with Crippen molar-refractivity contribution in [2.75, 3.05) is 4.90 Å². The average molecular weight is 519 g/mol. The summed E-state index contributed by atoms with van der Waals surface area (Å²) in [6, 6.07) is 24.7. The number of rotatable bonds is 4. The van der Waals surface area contributed by atoms with Gasteiger partial charge in [0.25, 0.3) is 5.91 Å². The van der Waals surface area contributed by atoms with Gasteiger partial charge in [0.05, 0.1) is 26.3 Å². The first-order valence-electron chi connectivity index (χ1n) is 10.9. The number of hydrogen-bond acceptors (Lipinski definition) is 4. The van der Waals surface area contributed by atoms with Crippen molar-refractivity contribution < 1.29 is 9.21 Å². The van der Waals surface area contributed by atoms with Crippen molar-refractivity contribution in [1.82, 2.24) is 0 Å². The smallest absolute Gasteiger partial charge is 0.271 e. The van der Waals surface area contributed by atoms with Gasteiger partial charge in [0, 0.05) is 11.6 Å². The molecule has 0 spiro atoms. The molecule has 0 bridgehead atoms. The van der Waals surface area contributed by atoms with Gasteiger partial charge in [-0.1, -0.05) is 58.6 Å². The quantitative estimate of drug-likeness (QED) is 0.254. The van der Waals surface area contributed by atoms with E-state index >= 15 is 0 Å². The van der Waals surface area contributed by atoms with E-state index in [2.05, 4.69) is 0 Å². The molecule has 7 heteroatoms. The molecule has 0 saturated carbocycles. The highest BCUT2D eigenvalue weighted by atomic mass is 35.5. The minimum Gasteiger partial charge on any atom is -0.457 e. The SMILES string of the molecule is Cc1ccc(N=C2S/C(=C/c3ccc(-c4ccc(Cl)c(Cl)c4)o3)C(=O)N2c2ccc(C)cc2)cc1. The Hall–Kier alpha value is -3.25. The number of nitrogens with zero attached hydrogens (tertiary/aromatic N) is 2. The second-order valence-corrected chi connectivity index (χ2v) is 9.97. The number of thioether (sulfide) groups is 1. The standard InChI is InChI=1S/C28H20Cl2N2O2S/c1-17-3-8-20(9-4-17)31-28-32(21-10-5-18(2)6-11-21)27(33)26(35-28)16-22-12-14-25(34-22)19-7-13-23(29)24(30)15-19/h3-16H,1-2H3/b26-16+,31-28?. The summed E-state index contributed by atoms with van der Waals surface area (Å²) in [4.78, 5) is 20.4. The van der Waals surface area contributed by atoms with Crippen LogP contribution in [0.3, 0.4) is 0 Å². The molecule has 174 valence electrons. The predicted molar refractivity (Wildman–Crippen MR) is 147 cm³/mol. The predicted octanol–water partition coefficient (Wildman–Crippen LogP) is 8.68. The van der Waals surface area contributed by atoms with E-state index in [1.54, 1.807) is 23.1 Å². The molecule has 0 atom stereocenters. The number of hydrogen-bond donors (Lipinski definition) is 0. The van der Waals surface area contributed by atoms with Crippen molar-refractivity contribution >= 4 is 63.5 Å². The number of carbonyl (C=O) groups is 1. The minimum absolute atomic E-state index is 0.155. The summed E-state index contributed by atoms with van der Waals surface area (Å²) in [6.07, 6.45) is 1.74. The van der Waals surface area contributed by atoms with E-state index < -0.39 is 0 Å². The maximum Gasteiger partial charge on any atom is 0.271 e. The van der Waals surface area contributed by atoms with Gasteiger partial charge >= 0.3 is 0 Å². The number of amides is 1. The van der Waals surface area contributed by atoms with E-state index in [4.69, 9.17) is 32.6 Å². The largest absolute Gasteiger partial charge is 0.457 e. The molecule has 0 N–H and O–H groups in total. The van der Waals surface area contributed by atoms with Gasteiger partial charge in [-0.3, -0.25) is 9.69 Å². The number of carbonyl (C=O) groups excluding carboxylic acids is 1. The molecule has 5 rings (SSSR count). The third kappa shape index (κ3) is 5.08. The normalized spacial score (nSPS) is 16.0. The van der Waals surface area contributed by atoms with Gasteiger partial charge in [-0.05, 0) is 80.2 Å². The Kier molecular flexibility index (Phi) is 6.56. The summed E-state index contributed by atoms with van der Waals surface area (Å²) in [7, 11) is 0. The Morgan fingerprint density at radius 1 is 0.857 bits per heavy atom. The number of anilines is 1. The highest BCUT2D eigenvalue weighted by Gasteiger charge is 2.35. The Morgan fingerprint density at radius 2 is 1.54 bits per heavy atom. The van der Waals surface area contributed by atoms with Gasteiger partial charge in [-0.2, -0.15) is 0 Å². The van der Waals surface area contributed by atoms with E-state index in [9.17, 15) is 4.79 Å². The lowest BCUT2D eigenvalue weighted by Crippen LogP contribution is -2.28. The van der Waals surface area contributed by atoms with Crippen LogP contribution in [0.4, 0.5) is 11.4 Å². The van der Waals surface area contributed by atoms with Crippen molar-refractivity contribution in [3.63, 3.8) is 0 Å². The number of amidine groups is 1. The average Bonchev–Trinajstić information content (AvgIpc) is 3.43. The molecule has 0 unspecified atom stereocenters. The Balaban J connectivity index is 1.50. The molecule has 0 aliphatic carbocycles. The maximum absolute atomic E-state index is 13.5. The van der Waals surface area contributed by atoms with Crippen molar-refractivity contribution in [2.24, 2.45) is 4.99 Å². The molecule has 35 heavy (non-hydrogen) atoms. The Bertz CT molecular complexity index is 1470. The summed E-state index contributed by atoms with van der Waals surface area (Å²) in [5, 5.41) is 1.52. The van der Waals surface area contributed by atoms with Crippen molar-refractivity contribution in [3.8, 4) is 11.3 Å². The van der Waals surface area contributed by atoms with Crippen LogP contribution < -0.4 is 4.90 Å². The number of furan rings is 1. The molecule has 1 amide bonds. The highest BCUT2D eigenvalue weighted by Crippen LogP contribution is 2.38. The number of aryl methyl sites for hydroxylation is 2. The van der Waals surface area contributed by atoms with Gasteiger partial charge in [0.1, 0.15) is 11.5 Å². The lowest BCUT2D eigenvalue weighted by atomic mass is 10.2. The monoisotopic (exact) mass is 518 g/mol. The zero-order valence-electron chi connectivity index (χ0n) is 19.0. The van der Waals surface area contributed by atoms with E-state index in [-0.39, 0.29) is 5.91 Å². The van der Waals surface area contributed by atoms with Crippen LogP contribution in [0.2, 0.25) is 10.0 Å². The van der Waals surface area contributed by atoms with E-state index in [1.165, 1.54) is 11.8 Å². The maximum atomic E-state index is 13.5. The summed E-state index contributed by atoms with van der Waals surface area (Å²) < 4.78 is 6.00. The van der Waals surface area contributed by atoms with Gasteiger partial charge in [-0.25, -0.2) is 4.99 Å². The number of halogens is 2. The molecular formula is C28H20Cl2N2O2S. The van der Waals surface area contributed by atoms with Crippen molar-refractivity contribution in [3.05, 3.63) is 111 Å². The second-order valence-electron chi connectivity index (χ2n) is 8.15. The molecule has 4 aromatic rings. The highest BCUT2D eigenvalue weighted by molar-refractivity contribution is 8.19. The summed E-state index contributed by atoms with van der Waals surface area (Å²) in [5.41, 5.74) is 4.61. The Morgan fingerprint density at radius 3 is 2.23 bits per heavy atom.